The van der Waals surface area contributed by atoms with Crippen molar-refractivity contribution in [3.8, 4) is 11.4 Å². The van der Waals surface area contributed by atoms with Crippen molar-refractivity contribution >= 4 is 53.1 Å². The van der Waals surface area contributed by atoms with E-state index in [0.29, 0.717) is 99.8 Å². The molecule has 3 aromatic heterocycles. The number of nitrogens with zero attached hydrogens (tertiary/aromatic N) is 3. The Kier molecular flexibility index (Phi) is 31.0. The summed E-state index contributed by atoms with van der Waals surface area (Å²) in [7, 11) is 1.86. The molecule has 3 aliphatic carbocycles. The maximum atomic E-state index is 14.3. The highest BCUT2D eigenvalue weighted by atomic mass is 19.1. The first-order chi connectivity index (χ1) is 36.4. The van der Waals surface area contributed by atoms with E-state index in [1.54, 1.807) is 20.0 Å². The number of amides is 5. The van der Waals surface area contributed by atoms with Gasteiger partial charge in [-0.2, -0.15) is 0 Å². The number of anilines is 2. The third kappa shape index (κ3) is 24.5. The molecule has 20 nitrogen and oxygen atoms in total. The summed E-state index contributed by atoms with van der Waals surface area (Å²) in [5.41, 5.74) is 14.8. The first kappa shape index (κ1) is 65.8. The lowest BCUT2D eigenvalue weighted by Gasteiger charge is -2.42. The summed E-state index contributed by atoms with van der Waals surface area (Å²) < 4.78 is 39.2. The smallest absolute Gasteiger partial charge is 0.312 e. The first-order valence-electron chi connectivity index (χ1n) is 26.4. The van der Waals surface area contributed by atoms with Crippen LogP contribution >= 0.6 is 0 Å². The number of nitrogens with two attached hydrogens (primary N) is 2. The van der Waals surface area contributed by atoms with Crippen LogP contribution < -0.4 is 43.5 Å². The Balaban J connectivity index is 0.000000398. The van der Waals surface area contributed by atoms with Crippen molar-refractivity contribution in [1.29, 1.82) is 0 Å². The maximum Gasteiger partial charge on any atom is 0.312 e. The van der Waals surface area contributed by atoms with Crippen LogP contribution in [0.1, 0.15) is 125 Å². The van der Waals surface area contributed by atoms with Crippen molar-refractivity contribution in [2.45, 2.75) is 144 Å². The van der Waals surface area contributed by atoms with Crippen LogP contribution in [0.25, 0.3) is 22.4 Å². The molecule has 2 unspecified atom stereocenters. The van der Waals surface area contributed by atoms with Crippen molar-refractivity contribution in [3.05, 3.63) is 66.1 Å². The molecule has 7 rings (SSSR count). The summed E-state index contributed by atoms with van der Waals surface area (Å²) in [5.74, 6) is 0.261. The summed E-state index contributed by atoms with van der Waals surface area (Å²) in [6.07, 6.45) is 14.5. The number of fused-ring (bicyclic) bond motifs is 4. The lowest BCUT2D eigenvalue weighted by molar-refractivity contribution is -0.133. The zero-order valence-corrected chi connectivity index (χ0v) is 46.1. The van der Waals surface area contributed by atoms with Crippen molar-refractivity contribution in [2.24, 2.45) is 28.7 Å². The lowest BCUT2D eigenvalue weighted by atomic mass is 9.68. The minimum atomic E-state index is -0.732. The predicted molar refractivity (Wildman–Crippen MR) is 293 cm³/mol. The molecule has 0 radical (unpaired) electrons. The van der Waals surface area contributed by atoms with E-state index in [2.05, 4.69) is 65.8 Å². The highest BCUT2D eigenvalue weighted by Crippen LogP contribution is 2.42. The minimum absolute atomic E-state index is 0.228. The topological polar surface area (TPSA) is 292 Å². The number of halogens is 2. The van der Waals surface area contributed by atoms with Gasteiger partial charge in [-0.3, -0.25) is 19.2 Å². The third-order valence-corrected chi connectivity index (χ3v) is 12.3. The van der Waals surface area contributed by atoms with Crippen LogP contribution in [0.5, 0.6) is 0 Å². The van der Waals surface area contributed by atoms with Crippen LogP contribution in [-0.2, 0) is 40.1 Å². The number of nitrogens with one attached hydrogen (secondary N) is 7. The molecular weight excluding hydrogens is 983 g/mol. The summed E-state index contributed by atoms with van der Waals surface area (Å²) in [5, 5.41) is 14.4. The second kappa shape index (κ2) is 35.8. The Labute approximate surface area is 447 Å². The number of benzene rings is 1. The standard InChI is InChI=1S/C21H41N5O6.C19H19F2N5.C9H12N2O2.C3H8.C2H6/c1-20(2,8-11-31-12-13-32-21(3,4)7-9-22)18(29)25-14-17(28)26-16(15-27)6-5-10-24-19(23)30;20-12-6-13-14(8-23-17(13)22-7-12)18-24-9-15(21)19(26-18)25-16-5-10-1-3-11(16)4-2-10;1-10-9-4-2-8(3-5-9)6-13-11-7-12;1-3-2;1-2/h15-16H,5-14,22H2,1-4H3,(H,25,29)(H,26,28)(H3,23,24,30);6-11,16H,1-5H2,(H,22,23)(H,24,25,26);2-5,7,10H,6H2,1H3,(H,11,12);3H2,1-2H3;1-2H3. The molecule has 0 spiro atoms. The minimum Gasteiger partial charge on any atom is -0.388 e. The van der Waals surface area contributed by atoms with Gasteiger partial charge in [0.25, 0.3) is 0 Å². The highest BCUT2D eigenvalue weighted by molar-refractivity contribution is 5.91. The number of urea groups is 1. The molecule has 2 bridgehead atoms. The van der Waals surface area contributed by atoms with Gasteiger partial charge in [-0.15, -0.1) is 0 Å². The fourth-order valence-corrected chi connectivity index (χ4v) is 8.12. The number of hydrogen-bond acceptors (Lipinski definition) is 14. The number of hydroxylamine groups is 1. The van der Waals surface area contributed by atoms with E-state index in [9.17, 15) is 32.8 Å². The van der Waals surface area contributed by atoms with Gasteiger partial charge in [0.2, 0.25) is 18.2 Å². The Morgan fingerprint density at radius 1 is 0.947 bits per heavy atom. The zero-order chi connectivity index (χ0) is 56.5. The average Bonchev–Trinajstić information content (AvgIpc) is 3.83. The number of aromatic amines is 1. The van der Waals surface area contributed by atoms with Crippen molar-refractivity contribution < 1.29 is 47.1 Å². The monoisotopic (exact) mass is 1070 g/mol. The Bertz CT molecular complexity index is 2310. The Morgan fingerprint density at radius 3 is 2.25 bits per heavy atom. The summed E-state index contributed by atoms with van der Waals surface area (Å²) in [4.78, 5) is 76.3. The van der Waals surface area contributed by atoms with E-state index in [4.69, 9.17) is 25.8 Å². The molecule has 3 saturated carbocycles. The van der Waals surface area contributed by atoms with Crippen LogP contribution in [0.15, 0.2) is 48.9 Å². The summed E-state index contributed by atoms with van der Waals surface area (Å²) >= 11 is 0. The van der Waals surface area contributed by atoms with Gasteiger partial charge >= 0.3 is 6.03 Å². The predicted octanol–water partition coefficient (Wildman–Crippen LogP) is 7.45. The molecule has 1 aromatic carbocycles. The van der Waals surface area contributed by atoms with Crippen LogP contribution in [0.4, 0.5) is 25.1 Å². The number of rotatable bonds is 26. The molecule has 22 heteroatoms. The van der Waals surface area contributed by atoms with Crippen molar-refractivity contribution in [3.63, 3.8) is 0 Å². The molecule has 3 fully saturated rings. The molecule has 76 heavy (non-hydrogen) atoms. The van der Waals surface area contributed by atoms with Gasteiger partial charge in [0.05, 0.1) is 50.4 Å². The lowest BCUT2D eigenvalue weighted by Crippen LogP contribution is -2.46. The van der Waals surface area contributed by atoms with Crippen molar-refractivity contribution in [2.75, 3.05) is 57.1 Å². The van der Waals surface area contributed by atoms with Gasteiger partial charge in [-0.05, 0) is 101 Å². The summed E-state index contributed by atoms with van der Waals surface area (Å²) in [6, 6.07) is 8.05. The number of hydrogen-bond donors (Lipinski definition) is 9. The molecule has 2 atom stereocenters. The van der Waals surface area contributed by atoms with Gasteiger partial charge in [-0.1, -0.05) is 72.9 Å². The van der Waals surface area contributed by atoms with Crippen LogP contribution in [0.2, 0.25) is 0 Å². The number of carbonyl (C=O) groups excluding carboxylic acids is 5. The highest BCUT2D eigenvalue weighted by Gasteiger charge is 2.36. The van der Waals surface area contributed by atoms with Gasteiger partial charge in [0.1, 0.15) is 17.8 Å². The number of pyridine rings is 1. The van der Waals surface area contributed by atoms with E-state index in [1.807, 2.05) is 59.0 Å². The fraction of sp³-hybridized carbons (Fsp3) is 0.593. The van der Waals surface area contributed by atoms with E-state index >= 15 is 0 Å². The van der Waals surface area contributed by atoms with E-state index in [1.165, 1.54) is 44.4 Å². The molecule has 11 N–H and O–H groups in total. The number of primary amides is 1. The zero-order valence-electron chi connectivity index (χ0n) is 46.1. The van der Waals surface area contributed by atoms with Crippen LogP contribution in [0.3, 0.4) is 0 Å². The number of ether oxygens (including phenoxy) is 2. The molecule has 424 valence electrons. The molecule has 0 aliphatic heterocycles. The molecule has 3 aliphatic rings. The molecule has 5 amide bonds. The SMILES string of the molecule is CC.CC(C)(CCN)OCCOCCC(C)(C)C(=O)NCC(=O)NC(C=O)CCCNC(N)=O.CCC.CNc1ccc(CONC=O)cc1.Fc1cnc2[nH]cc(-c3ncc(F)c(NC4CC5CCC4CC5)n3)c2c1. The summed E-state index contributed by atoms with van der Waals surface area (Å²) in [6.45, 7) is 18.0. The van der Waals surface area contributed by atoms with Crippen LogP contribution in [0, 0.1) is 28.9 Å². The quantitative estimate of drug-likeness (QED) is 0.0168. The van der Waals surface area contributed by atoms with Crippen molar-refractivity contribution in [1.82, 2.24) is 41.4 Å². The number of carbonyl (C=O) groups is 5. The number of aldehydes is 1. The van der Waals surface area contributed by atoms with E-state index < -0.39 is 35.0 Å². The normalized spacial score (nSPS) is 15.8. The molecule has 4 aromatic rings. The molecule has 0 saturated heterocycles. The molecular formula is C54H86F2N12O8. The Hall–Kier alpha value is -6.36. The number of aromatic nitrogens is 4. The third-order valence-electron chi connectivity index (χ3n) is 12.3. The first-order valence-corrected chi connectivity index (χ1v) is 26.4. The molecule has 3 heterocycles. The largest absolute Gasteiger partial charge is 0.388 e. The second-order valence-electron chi connectivity index (χ2n) is 19.4. The Morgan fingerprint density at radius 2 is 1.64 bits per heavy atom. The average molecular weight is 1070 g/mol. The van der Waals surface area contributed by atoms with E-state index in [-0.39, 0.29) is 29.9 Å². The number of H-pyrrole nitrogens is 1. The van der Waals surface area contributed by atoms with Gasteiger partial charge in [0, 0.05) is 54.5 Å². The van der Waals surface area contributed by atoms with Gasteiger partial charge in [-0.25, -0.2) is 34.0 Å². The van der Waals surface area contributed by atoms with Crippen LogP contribution in [-0.4, -0.2) is 115 Å². The van der Waals surface area contributed by atoms with Gasteiger partial charge in [0.15, 0.2) is 17.5 Å². The maximum absolute atomic E-state index is 14.3. The van der Waals surface area contributed by atoms with E-state index in [0.717, 1.165) is 36.2 Å². The fourth-order valence-electron chi connectivity index (χ4n) is 8.12. The second-order valence-corrected chi connectivity index (χ2v) is 19.4. The van der Waals surface area contributed by atoms with Gasteiger partial charge < -0.3 is 57.3 Å².